The lowest BCUT2D eigenvalue weighted by molar-refractivity contribution is -0.0499. The Hall–Kier alpha value is -1.97. The molecule has 0 amide bonds. The van der Waals surface area contributed by atoms with Crippen LogP contribution in [0.25, 0.3) is 21.5 Å². The van der Waals surface area contributed by atoms with Gasteiger partial charge in [-0.1, -0.05) is 17.7 Å². The number of hydrogen-bond donors (Lipinski definition) is 0. The van der Waals surface area contributed by atoms with Crippen LogP contribution in [0.4, 0.5) is 13.2 Å². The van der Waals surface area contributed by atoms with E-state index in [1.165, 1.54) is 12.1 Å². The van der Waals surface area contributed by atoms with Gasteiger partial charge in [0.2, 0.25) is 5.12 Å². The normalized spacial score (nSPS) is 14.4. The zero-order chi connectivity index (χ0) is 18.9. The maximum Gasteiger partial charge on any atom is 0.534 e. The lowest BCUT2D eigenvalue weighted by atomic mass is 9.99. The van der Waals surface area contributed by atoms with Gasteiger partial charge >= 0.3 is 15.6 Å². The Kier molecular flexibility index (Phi) is 3.70. The fourth-order valence-electron chi connectivity index (χ4n) is 2.79. The standard InChI is InChI=1S/C16H6ClF3O4S2/c17-8-2-1-7-5-11-12(24-26(22,23)16(18,19)20)4-3-9-13(11)14(10(7)6-8)25-15(9)21/h1-6H. The maximum absolute atomic E-state index is 12.7. The molecule has 0 saturated carbocycles. The van der Waals surface area contributed by atoms with Crippen LogP contribution in [0.15, 0.2) is 41.3 Å². The van der Waals surface area contributed by atoms with Crippen LogP contribution in [-0.4, -0.2) is 19.0 Å². The molecule has 134 valence electrons. The topological polar surface area (TPSA) is 60.4 Å². The van der Waals surface area contributed by atoms with Crippen LogP contribution < -0.4 is 4.18 Å². The minimum atomic E-state index is -5.83. The largest absolute Gasteiger partial charge is 0.534 e. The number of carbonyl (C=O) groups is 1. The minimum Gasteiger partial charge on any atom is -0.375 e. The fraction of sp³-hybridized carbons (Fsp3) is 0.0625. The second-order valence-corrected chi connectivity index (χ2v) is 8.44. The summed E-state index contributed by atoms with van der Waals surface area (Å²) in [5.41, 5.74) is -5.28. The van der Waals surface area contributed by atoms with Crippen molar-refractivity contribution in [2.75, 3.05) is 0 Å². The first-order chi connectivity index (χ1) is 12.1. The molecule has 0 aromatic heterocycles. The first-order valence-corrected chi connectivity index (χ1v) is 9.61. The molecular formula is C16H6ClF3O4S2. The fourth-order valence-corrected chi connectivity index (χ4v) is 4.51. The van der Waals surface area contributed by atoms with Crippen molar-refractivity contribution in [3.63, 3.8) is 0 Å². The first-order valence-electron chi connectivity index (χ1n) is 7.00. The highest BCUT2D eigenvalue weighted by atomic mass is 35.5. The molecule has 3 aromatic carbocycles. The van der Waals surface area contributed by atoms with Gasteiger partial charge in [0.25, 0.3) is 0 Å². The van der Waals surface area contributed by atoms with Crippen molar-refractivity contribution in [3.8, 4) is 5.75 Å². The summed E-state index contributed by atoms with van der Waals surface area (Å²) < 4.78 is 65.1. The van der Waals surface area contributed by atoms with E-state index in [1.54, 1.807) is 18.2 Å². The van der Waals surface area contributed by atoms with Gasteiger partial charge in [0.1, 0.15) is 0 Å². The van der Waals surface area contributed by atoms with Gasteiger partial charge in [-0.15, -0.1) is 0 Å². The molecule has 4 nitrogen and oxygen atoms in total. The van der Waals surface area contributed by atoms with Gasteiger partial charge in [-0.3, -0.25) is 4.79 Å². The Labute approximate surface area is 154 Å². The van der Waals surface area contributed by atoms with Crippen molar-refractivity contribution in [3.05, 3.63) is 47.0 Å². The highest BCUT2D eigenvalue weighted by Gasteiger charge is 2.49. The van der Waals surface area contributed by atoms with E-state index in [9.17, 15) is 26.4 Å². The van der Waals surface area contributed by atoms with E-state index in [4.69, 9.17) is 11.6 Å². The Balaban J connectivity index is 2.05. The quantitative estimate of drug-likeness (QED) is 0.328. The number of rotatable bonds is 2. The molecule has 26 heavy (non-hydrogen) atoms. The molecule has 3 aromatic rings. The molecular weight excluding hydrogens is 413 g/mol. The third-order valence-corrected chi connectivity index (χ3v) is 6.12. The molecule has 0 N–H and O–H groups in total. The third kappa shape index (κ3) is 2.53. The molecule has 0 aliphatic carbocycles. The summed E-state index contributed by atoms with van der Waals surface area (Å²) in [4.78, 5) is 12.7. The average Bonchev–Trinajstić information content (AvgIpc) is 2.87. The molecule has 1 aliphatic heterocycles. The summed E-state index contributed by atoms with van der Waals surface area (Å²) >= 11 is 6.91. The molecule has 0 atom stereocenters. The van der Waals surface area contributed by atoms with Gasteiger partial charge in [-0.2, -0.15) is 21.6 Å². The summed E-state index contributed by atoms with van der Waals surface area (Å²) in [7, 11) is -5.83. The van der Waals surface area contributed by atoms with E-state index in [0.29, 0.717) is 26.1 Å². The molecule has 0 bridgehead atoms. The number of hydrogen-bond acceptors (Lipinski definition) is 5. The predicted molar refractivity (Wildman–Crippen MR) is 92.3 cm³/mol. The average molecular weight is 419 g/mol. The van der Waals surface area contributed by atoms with Gasteiger partial charge in [0, 0.05) is 26.3 Å². The van der Waals surface area contributed by atoms with E-state index in [-0.39, 0.29) is 16.1 Å². The van der Waals surface area contributed by atoms with Crippen molar-refractivity contribution >= 4 is 60.1 Å². The van der Waals surface area contributed by atoms with Gasteiger partial charge in [0.05, 0.1) is 0 Å². The Bertz CT molecular complexity index is 1220. The summed E-state index contributed by atoms with van der Waals surface area (Å²) in [6.45, 7) is 0. The molecule has 0 fully saturated rings. The second-order valence-electron chi connectivity index (χ2n) is 5.48. The minimum absolute atomic E-state index is 0.110. The molecule has 0 spiro atoms. The summed E-state index contributed by atoms with van der Waals surface area (Å²) in [6, 6.07) is 8.64. The van der Waals surface area contributed by atoms with Crippen LogP contribution in [0, 0.1) is 0 Å². The molecule has 4 rings (SSSR count). The van der Waals surface area contributed by atoms with Crippen molar-refractivity contribution < 1.29 is 30.6 Å². The zero-order valence-corrected chi connectivity index (χ0v) is 14.8. The van der Waals surface area contributed by atoms with E-state index in [2.05, 4.69) is 4.18 Å². The van der Waals surface area contributed by atoms with Gasteiger partial charge in [-0.05, 0) is 52.9 Å². The molecule has 0 saturated heterocycles. The molecule has 1 heterocycles. The van der Waals surface area contributed by atoms with Gasteiger partial charge in [0.15, 0.2) is 5.75 Å². The van der Waals surface area contributed by atoms with Crippen LogP contribution in [0.5, 0.6) is 5.75 Å². The number of benzene rings is 3. The number of thioether (sulfide) groups is 1. The second kappa shape index (κ2) is 5.51. The number of alkyl halides is 3. The monoisotopic (exact) mass is 418 g/mol. The van der Waals surface area contributed by atoms with Gasteiger partial charge in [-0.25, -0.2) is 0 Å². The Morgan fingerprint density at radius 2 is 1.77 bits per heavy atom. The lowest BCUT2D eigenvalue weighted by Gasteiger charge is -2.13. The molecule has 0 unspecified atom stereocenters. The van der Waals surface area contributed by atoms with E-state index < -0.39 is 21.4 Å². The summed E-state index contributed by atoms with van der Waals surface area (Å²) in [6.07, 6.45) is 0. The van der Waals surface area contributed by atoms with Crippen LogP contribution >= 0.6 is 23.4 Å². The Morgan fingerprint density at radius 3 is 2.46 bits per heavy atom. The van der Waals surface area contributed by atoms with E-state index in [1.807, 2.05) is 0 Å². The molecule has 0 radical (unpaired) electrons. The summed E-state index contributed by atoms with van der Waals surface area (Å²) in [5, 5.41) is 1.84. The highest BCUT2D eigenvalue weighted by Crippen LogP contribution is 2.48. The van der Waals surface area contributed by atoms with Crippen LogP contribution in [0.1, 0.15) is 10.4 Å². The smallest absolute Gasteiger partial charge is 0.375 e. The van der Waals surface area contributed by atoms with E-state index in [0.717, 1.165) is 17.8 Å². The number of carbonyl (C=O) groups excluding carboxylic acids is 1. The van der Waals surface area contributed by atoms with Crippen LogP contribution in [-0.2, 0) is 10.1 Å². The summed E-state index contributed by atoms with van der Waals surface area (Å²) in [5.74, 6) is -0.491. The van der Waals surface area contributed by atoms with Crippen LogP contribution in [0.2, 0.25) is 5.02 Å². The van der Waals surface area contributed by atoms with Crippen LogP contribution in [0.3, 0.4) is 0 Å². The van der Waals surface area contributed by atoms with E-state index >= 15 is 0 Å². The Morgan fingerprint density at radius 1 is 1.04 bits per heavy atom. The highest BCUT2D eigenvalue weighted by molar-refractivity contribution is 8.15. The first kappa shape index (κ1) is 17.4. The zero-order valence-electron chi connectivity index (χ0n) is 12.4. The lowest BCUT2D eigenvalue weighted by Crippen LogP contribution is -2.28. The SMILES string of the molecule is O=C1Sc2c3cc(Cl)ccc3cc3c(OS(=O)(=O)C(F)(F)F)ccc1c23. The van der Waals surface area contributed by atoms with Crippen molar-refractivity contribution in [2.24, 2.45) is 0 Å². The van der Waals surface area contributed by atoms with Crippen molar-refractivity contribution in [1.29, 1.82) is 0 Å². The molecule has 1 aliphatic rings. The van der Waals surface area contributed by atoms with Crippen molar-refractivity contribution in [2.45, 2.75) is 10.4 Å². The maximum atomic E-state index is 12.7. The van der Waals surface area contributed by atoms with Gasteiger partial charge < -0.3 is 4.18 Å². The number of fused-ring (bicyclic) bond motifs is 2. The molecule has 10 heteroatoms. The third-order valence-electron chi connectivity index (χ3n) is 3.89. The predicted octanol–water partition coefficient (Wildman–Crippen LogP) is 5.12. The number of halogens is 4. The van der Waals surface area contributed by atoms with Crippen molar-refractivity contribution in [1.82, 2.24) is 0 Å².